The lowest BCUT2D eigenvalue weighted by atomic mass is 10.1. The molecule has 1 aromatic heterocycles. The second-order valence-corrected chi connectivity index (χ2v) is 6.30. The number of carbonyl (C=O) groups excluding carboxylic acids is 1. The van der Waals surface area contributed by atoms with Gasteiger partial charge in [0.15, 0.2) is 5.13 Å². The lowest BCUT2D eigenvalue weighted by Gasteiger charge is -2.07. The molecule has 0 aliphatic heterocycles. The Bertz CT molecular complexity index is 798. The van der Waals surface area contributed by atoms with Gasteiger partial charge in [0.05, 0.1) is 12.1 Å². The van der Waals surface area contributed by atoms with Crippen LogP contribution in [0.5, 0.6) is 5.75 Å². The first-order valence-corrected chi connectivity index (χ1v) is 8.55. The number of nitrogens with zero attached hydrogens (tertiary/aromatic N) is 1. The van der Waals surface area contributed by atoms with Gasteiger partial charge in [-0.2, -0.15) is 0 Å². The van der Waals surface area contributed by atoms with Crippen LogP contribution in [0.2, 0.25) is 0 Å². The molecular formula is C19H18N2O2S. The maximum Gasteiger partial charge on any atom is 0.230 e. The lowest BCUT2D eigenvalue weighted by Crippen LogP contribution is -2.14. The summed E-state index contributed by atoms with van der Waals surface area (Å²) in [6.07, 6.45) is 0.317. The molecule has 0 unspecified atom stereocenters. The van der Waals surface area contributed by atoms with Crippen molar-refractivity contribution in [1.82, 2.24) is 4.98 Å². The quantitative estimate of drug-likeness (QED) is 0.732. The van der Waals surface area contributed by atoms with Crippen molar-refractivity contribution in [3.63, 3.8) is 0 Å². The van der Waals surface area contributed by atoms with Crippen LogP contribution in [0.15, 0.2) is 60.0 Å². The number of thiazole rings is 1. The predicted molar refractivity (Wildman–Crippen MR) is 96.4 cm³/mol. The standard InChI is InChI=1S/C19H18N2O2S/c1-14-13-24-19(20-14)21-18(22)11-15-7-9-17(10-8-15)23-12-16-5-3-2-4-6-16/h2-10,13H,11-12H2,1H3,(H,20,21,22). The smallest absolute Gasteiger partial charge is 0.230 e. The molecular weight excluding hydrogens is 320 g/mol. The maximum absolute atomic E-state index is 12.0. The molecule has 4 nitrogen and oxygen atoms in total. The summed E-state index contributed by atoms with van der Waals surface area (Å²) < 4.78 is 5.74. The van der Waals surface area contributed by atoms with Crippen LogP contribution < -0.4 is 10.1 Å². The van der Waals surface area contributed by atoms with Gasteiger partial charge in [-0.3, -0.25) is 4.79 Å². The van der Waals surface area contributed by atoms with Crippen molar-refractivity contribution < 1.29 is 9.53 Å². The Morgan fingerprint density at radius 2 is 1.83 bits per heavy atom. The first-order valence-electron chi connectivity index (χ1n) is 7.67. The Kier molecular flexibility index (Phi) is 5.23. The Balaban J connectivity index is 1.51. The minimum atomic E-state index is -0.0673. The molecule has 0 aliphatic carbocycles. The topological polar surface area (TPSA) is 51.2 Å². The average Bonchev–Trinajstić information content (AvgIpc) is 3.00. The number of hydrogen-bond acceptors (Lipinski definition) is 4. The molecule has 0 spiro atoms. The highest BCUT2D eigenvalue weighted by Crippen LogP contribution is 2.17. The third-order valence-electron chi connectivity index (χ3n) is 3.40. The first-order chi connectivity index (χ1) is 11.7. The van der Waals surface area contributed by atoms with Crippen molar-refractivity contribution in [2.75, 3.05) is 5.32 Å². The normalized spacial score (nSPS) is 10.4. The number of anilines is 1. The third-order valence-corrected chi connectivity index (χ3v) is 4.28. The molecule has 2 aromatic carbocycles. The van der Waals surface area contributed by atoms with Gasteiger partial charge >= 0.3 is 0 Å². The minimum absolute atomic E-state index is 0.0673. The summed E-state index contributed by atoms with van der Waals surface area (Å²) in [4.78, 5) is 16.2. The second-order valence-electron chi connectivity index (χ2n) is 5.44. The van der Waals surface area contributed by atoms with Crippen LogP contribution in [0.1, 0.15) is 16.8 Å². The fraction of sp³-hybridized carbons (Fsp3) is 0.158. The van der Waals surface area contributed by atoms with E-state index in [0.29, 0.717) is 18.2 Å². The highest BCUT2D eigenvalue weighted by Gasteiger charge is 2.07. The van der Waals surface area contributed by atoms with Crippen molar-refractivity contribution in [3.8, 4) is 5.75 Å². The number of nitrogens with one attached hydrogen (secondary N) is 1. The van der Waals surface area contributed by atoms with Crippen LogP contribution in [0.3, 0.4) is 0 Å². The Morgan fingerprint density at radius 3 is 2.50 bits per heavy atom. The number of benzene rings is 2. The molecule has 0 aliphatic rings. The fourth-order valence-corrected chi connectivity index (χ4v) is 2.91. The molecule has 0 fully saturated rings. The Labute approximate surface area is 145 Å². The van der Waals surface area contributed by atoms with E-state index in [1.807, 2.05) is 66.9 Å². The summed E-state index contributed by atoms with van der Waals surface area (Å²) in [5, 5.41) is 5.36. The second kappa shape index (κ2) is 7.75. The van der Waals surface area contributed by atoms with Crippen LogP contribution in [-0.4, -0.2) is 10.9 Å². The maximum atomic E-state index is 12.0. The zero-order valence-electron chi connectivity index (χ0n) is 13.4. The third kappa shape index (κ3) is 4.67. The molecule has 1 heterocycles. The highest BCUT2D eigenvalue weighted by molar-refractivity contribution is 7.13. The number of aromatic nitrogens is 1. The molecule has 3 aromatic rings. The Morgan fingerprint density at radius 1 is 1.08 bits per heavy atom. The zero-order valence-corrected chi connectivity index (χ0v) is 14.2. The number of hydrogen-bond donors (Lipinski definition) is 1. The average molecular weight is 338 g/mol. The van der Waals surface area contributed by atoms with Crippen molar-refractivity contribution >= 4 is 22.4 Å². The molecule has 122 valence electrons. The predicted octanol–water partition coefficient (Wildman–Crippen LogP) is 4.21. The van der Waals surface area contributed by atoms with Gasteiger partial charge in [0.2, 0.25) is 5.91 Å². The van der Waals surface area contributed by atoms with Crippen molar-refractivity contribution in [3.05, 3.63) is 76.8 Å². The molecule has 1 amide bonds. The van der Waals surface area contributed by atoms with Gasteiger partial charge in [0.25, 0.3) is 0 Å². The van der Waals surface area contributed by atoms with Crippen LogP contribution in [0, 0.1) is 6.92 Å². The summed E-state index contributed by atoms with van der Waals surface area (Å²) in [5.41, 5.74) is 2.97. The fourth-order valence-electron chi connectivity index (χ4n) is 2.20. The van der Waals surface area contributed by atoms with Crippen molar-refractivity contribution in [2.45, 2.75) is 20.0 Å². The molecule has 0 saturated carbocycles. The van der Waals surface area contributed by atoms with E-state index >= 15 is 0 Å². The van der Waals surface area contributed by atoms with E-state index in [9.17, 15) is 4.79 Å². The molecule has 24 heavy (non-hydrogen) atoms. The zero-order chi connectivity index (χ0) is 16.8. The van der Waals surface area contributed by atoms with Crippen LogP contribution in [-0.2, 0) is 17.8 Å². The molecule has 3 rings (SSSR count). The van der Waals surface area contributed by atoms with Gasteiger partial charge in [0, 0.05) is 5.38 Å². The molecule has 1 N–H and O–H groups in total. The molecule has 0 bridgehead atoms. The van der Waals surface area contributed by atoms with E-state index in [2.05, 4.69) is 10.3 Å². The first kappa shape index (κ1) is 16.2. The van der Waals surface area contributed by atoms with Crippen molar-refractivity contribution in [1.29, 1.82) is 0 Å². The van der Waals surface area contributed by atoms with E-state index in [1.165, 1.54) is 11.3 Å². The van der Waals surface area contributed by atoms with E-state index in [1.54, 1.807) is 0 Å². The van der Waals surface area contributed by atoms with E-state index in [0.717, 1.165) is 22.6 Å². The van der Waals surface area contributed by atoms with Gasteiger partial charge in [-0.1, -0.05) is 42.5 Å². The molecule has 5 heteroatoms. The SMILES string of the molecule is Cc1csc(NC(=O)Cc2ccc(OCc3ccccc3)cc2)n1. The number of carbonyl (C=O) groups is 1. The van der Waals surface area contributed by atoms with Gasteiger partial charge in [-0.15, -0.1) is 11.3 Å². The van der Waals surface area contributed by atoms with E-state index in [-0.39, 0.29) is 5.91 Å². The van der Waals surface area contributed by atoms with E-state index < -0.39 is 0 Å². The van der Waals surface area contributed by atoms with Crippen LogP contribution >= 0.6 is 11.3 Å². The van der Waals surface area contributed by atoms with Gasteiger partial charge < -0.3 is 10.1 Å². The molecule has 0 atom stereocenters. The van der Waals surface area contributed by atoms with Gasteiger partial charge in [-0.25, -0.2) is 4.98 Å². The number of amides is 1. The number of rotatable bonds is 6. The van der Waals surface area contributed by atoms with Gasteiger partial charge in [-0.05, 0) is 30.2 Å². The van der Waals surface area contributed by atoms with E-state index in [4.69, 9.17) is 4.74 Å². The summed E-state index contributed by atoms with van der Waals surface area (Å²) in [7, 11) is 0. The summed E-state index contributed by atoms with van der Waals surface area (Å²) >= 11 is 1.43. The van der Waals surface area contributed by atoms with Crippen LogP contribution in [0.25, 0.3) is 0 Å². The summed E-state index contributed by atoms with van der Waals surface area (Å²) in [6.45, 7) is 2.43. The lowest BCUT2D eigenvalue weighted by molar-refractivity contribution is -0.115. The molecule has 0 saturated heterocycles. The number of ether oxygens (including phenoxy) is 1. The highest BCUT2D eigenvalue weighted by atomic mass is 32.1. The van der Waals surface area contributed by atoms with Gasteiger partial charge in [0.1, 0.15) is 12.4 Å². The largest absolute Gasteiger partial charge is 0.489 e. The monoisotopic (exact) mass is 338 g/mol. The minimum Gasteiger partial charge on any atom is -0.489 e. The molecule has 0 radical (unpaired) electrons. The Hall–Kier alpha value is -2.66. The van der Waals surface area contributed by atoms with Crippen LogP contribution in [0.4, 0.5) is 5.13 Å². The van der Waals surface area contributed by atoms with Crippen molar-refractivity contribution in [2.24, 2.45) is 0 Å². The number of aryl methyl sites for hydroxylation is 1. The summed E-state index contributed by atoms with van der Waals surface area (Å²) in [5.74, 6) is 0.723. The summed E-state index contributed by atoms with van der Waals surface area (Å²) in [6, 6.07) is 17.6.